The molecule has 0 aliphatic carbocycles. The fraction of sp³-hybridized carbons (Fsp3) is 0.350. The molecule has 0 bridgehead atoms. The maximum absolute atomic E-state index is 13.2. The van der Waals surface area contributed by atoms with Gasteiger partial charge in [0.2, 0.25) is 0 Å². The fourth-order valence-electron chi connectivity index (χ4n) is 3.21. The zero-order valence-electron chi connectivity index (χ0n) is 14.6. The molecule has 26 heavy (non-hydrogen) atoms. The monoisotopic (exact) mass is 372 g/mol. The first-order valence-corrected chi connectivity index (χ1v) is 9.11. The lowest BCUT2D eigenvalue weighted by atomic mass is 9.97. The van der Waals surface area contributed by atoms with E-state index in [0.717, 1.165) is 12.8 Å². The second kappa shape index (κ2) is 7.87. The molecule has 0 unspecified atom stereocenters. The Labute approximate surface area is 157 Å². The molecule has 3 rings (SSSR count). The highest BCUT2D eigenvalue weighted by molar-refractivity contribution is 6.31. The van der Waals surface area contributed by atoms with Gasteiger partial charge in [0, 0.05) is 35.9 Å². The first-order valence-electron chi connectivity index (χ1n) is 8.73. The largest absolute Gasteiger partial charge is 0.340 e. The second-order valence-corrected chi connectivity index (χ2v) is 7.17. The van der Waals surface area contributed by atoms with Crippen LogP contribution in [0.25, 0.3) is 0 Å². The Balaban J connectivity index is 1.99. The molecule has 2 aromatic rings. The van der Waals surface area contributed by atoms with Crippen LogP contribution in [0.5, 0.6) is 0 Å². The van der Waals surface area contributed by atoms with E-state index >= 15 is 0 Å². The quantitative estimate of drug-likeness (QED) is 0.611. The zero-order chi connectivity index (χ0) is 18.7. The first-order chi connectivity index (χ1) is 12.5. The van der Waals surface area contributed by atoms with Crippen molar-refractivity contribution in [1.82, 2.24) is 9.47 Å². The summed E-state index contributed by atoms with van der Waals surface area (Å²) in [6.45, 7) is 3.35. The maximum atomic E-state index is 13.2. The van der Waals surface area contributed by atoms with Gasteiger partial charge in [-0.3, -0.25) is 19.0 Å². The van der Waals surface area contributed by atoms with Crippen molar-refractivity contribution in [3.63, 3.8) is 0 Å². The average Bonchev–Trinajstić information content (AvgIpc) is 2.64. The molecule has 1 atom stereocenters. The summed E-state index contributed by atoms with van der Waals surface area (Å²) in [4.78, 5) is 40.3. The molecule has 0 N–H and O–H groups in total. The molecule has 1 fully saturated rings. The fourth-order valence-corrected chi connectivity index (χ4v) is 3.40. The van der Waals surface area contributed by atoms with Crippen LogP contribution in [0.2, 0.25) is 5.02 Å². The number of carbonyl (C=O) groups excluding carboxylic acids is 2. The number of halogens is 1. The highest BCUT2D eigenvalue weighted by Crippen LogP contribution is 2.23. The lowest BCUT2D eigenvalue weighted by Crippen LogP contribution is -2.46. The summed E-state index contributed by atoms with van der Waals surface area (Å²) < 4.78 is 1.21. The van der Waals surface area contributed by atoms with Gasteiger partial charge in [0.25, 0.3) is 11.5 Å². The number of aromatic nitrogens is 1. The van der Waals surface area contributed by atoms with Crippen molar-refractivity contribution in [2.75, 3.05) is 13.1 Å². The summed E-state index contributed by atoms with van der Waals surface area (Å²) in [5.41, 5.74) is -0.0661. The number of ketones is 1. The Morgan fingerprint density at radius 2 is 1.85 bits per heavy atom. The number of likely N-dealkylation sites (tertiary alicyclic amines) is 1. The Bertz CT molecular complexity index is 869. The number of hydrogen-bond acceptors (Lipinski definition) is 3. The average molecular weight is 373 g/mol. The molecule has 136 valence electrons. The van der Waals surface area contributed by atoms with Gasteiger partial charge in [-0.05, 0) is 37.0 Å². The van der Waals surface area contributed by atoms with E-state index in [2.05, 4.69) is 6.92 Å². The lowest BCUT2D eigenvalue weighted by molar-refractivity contribution is -0.134. The number of Topliss-reactive ketones (excluding diaryl/α,β-unsaturated/α-hetero) is 1. The van der Waals surface area contributed by atoms with Crippen LogP contribution in [0.15, 0.2) is 53.5 Å². The molecular weight excluding hydrogens is 352 g/mol. The van der Waals surface area contributed by atoms with Crippen molar-refractivity contribution in [3.8, 4) is 0 Å². The predicted octanol–water partition coefficient (Wildman–Crippen LogP) is 3.18. The summed E-state index contributed by atoms with van der Waals surface area (Å²) in [6, 6.07) is 9.83. The summed E-state index contributed by atoms with van der Waals surface area (Å²) >= 11 is 6.00. The Kier molecular flexibility index (Phi) is 5.57. The van der Waals surface area contributed by atoms with Crippen LogP contribution in [-0.4, -0.2) is 34.2 Å². The Morgan fingerprint density at radius 1 is 1.12 bits per heavy atom. The first kappa shape index (κ1) is 18.4. The number of pyridine rings is 1. The Morgan fingerprint density at radius 3 is 2.50 bits per heavy atom. The molecule has 1 amide bonds. The Hall–Kier alpha value is -2.40. The minimum Gasteiger partial charge on any atom is -0.340 e. The van der Waals surface area contributed by atoms with Gasteiger partial charge in [-0.2, -0.15) is 0 Å². The molecule has 1 saturated heterocycles. The van der Waals surface area contributed by atoms with Crippen molar-refractivity contribution in [2.45, 2.75) is 25.8 Å². The van der Waals surface area contributed by atoms with E-state index in [0.29, 0.717) is 29.6 Å². The van der Waals surface area contributed by atoms with Gasteiger partial charge < -0.3 is 4.90 Å². The van der Waals surface area contributed by atoms with Crippen LogP contribution in [0, 0.1) is 5.92 Å². The molecule has 0 saturated carbocycles. The van der Waals surface area contributed by atoms with Crippen LogP contribution >= 0.6 is 11.6 Å². The molecule has 0 spiro atoms. The predicted molar refractivity (Wildman–Crippen MR) is 100 cm³/mol. The number of amides is 1. The lowest BCUT2D eigenvalue weighted by Gasteiger charge is -2.33. The van der Waals surface area contributed by atoms with Crippen LogP contribution in [0.1, 0.15) is 36.2 Å². The van der Waals surface area contributed by atoms with Gasteiger partial charge in [0.15, 0.2) is 11.8 Å². The highest BCUT2D eigenvalue weighted by atomic mass is 35.5. The smallest absolute Gasteiger partial charge is 0.253 e. The van der Waals surface area contributed by atoms with Crippen molar-refractivity contribution in [1.29, 1.82) is 0 Å². The molecule has 1 aromatic carbocycles. The van der Waals surface area contributed by atoms with Gasteiger partial charge in [-0.25, -0.2) is 0 Å². The van der Waals surface area contributed by atoms with Gasteiger partial charge in [0.1, 0.15) is 0 Å². The molecular formula is C20H21ClN2O3. The van der Waals surface area contributed by atoms with E-state index in [9.17, 15) is 14.4 Å². The summed E-state index contributed by atoms with van der Waals surface area (Å²) in [7, 11) is 0. The second-order valence-electron chi connectivity index (χ2n) is 6.73. The van der Waals surface area contributed by atoms with Crippen LogP contribution in [0.4, 0.5) is 0 Å². The van der Waals surface area contributed by atoms with E-state index in [-0.39, 0.29) is 11.5 Å². The molecule has 1 aliphatic rings. The number of nitrogens with zero attached hydrogens (tertiary/aromatic N) is 2. The van der Waals surface area contributed by atoms with E-state index < -0.39 is 11.8 Å². The summed E-state index contributed by atoms with van der Waals surface area (Å²) in [5, 5.41) is 0.411. The van der Waals surface area contributed by atoms with Crippen LogP contribution < -0.4 is 5.56 Å². The minimum atomic E-state index is -1.21. The number of benzene rings is 1. The third-order valence-electron chi connectivity index (χ3n) is 4.82. The number of carbonyl (C=O) groups is 2. The maximum Gasteiger partial charge on any atom is 0.253 e. The minimum absolute atomic E-state index is 0.317. The van der Waals surface area contributed by atoms with Crippen LogP contribution in [0.3, 0.4) is 0 Å². The topological polar surface area (TPSA) is 59.4 Å². The van der Waals surface area contributed by atoms with Crippen molar-refractivity contribution >= 4 is 23.3 Å². The van der Waals surface area contributed by atoms with Crippen molar-refractivity contribution in [3.05, 3.63) is 69.6 Å². The van der Waals surface area contributed by atoms with E-state index in [1.54, 1.807) is 35.2 Å². The molecule has 2 heterocycles. The molecule has 5 nitrogen and oxygen atoms in total. The van der Waals surface area contributed by atoms with Gasteiger partial charge in [-0.15, -0.1) is 0 Å². The zero-order valence-corrected chi connectivity index (χ0v) is 15.4. The van der Waals surface area contributed by atoms with Gasteiger partial charge in [-0.1, -0.05) is 36.7 Å². The highest BCUT2D eigenvalue weighted by Gasteiger charge is 2.34. The normalized spacial score (nSPS) is 16.3. The van der Waals surface area contributed by atoms with Crippen molar-refractivity contribution in [2.24, 2.45) is 5.92 Å². The van der Waals surface area contributed by atoms with Gasteiger partial charge >= 0.3 is 0 Å². The standard InChI is InChI=1S/C20H21ClN2O3/c1-14-8-11-22(12-9-14)20(26)18(23-10-3-2-7-17(23)24)19(25)15-5-4-6-16(21)13-15/h2-7,10,13-14,18H,8-9,11-12H2,1H3/t18-/m0/s1. The van der Waals surface area contributed by atoms with E-state index in [4.69, 9.17) is 11.6 Å². The SMILES string of the molecule is CC1CCN(C(=O)[C@H](C(=O)c2cccc(Cl)c2)n2ccccc2=O)CC1. The summed E-state index contributed by atoms with van der Waals surface area (Å²) in [5.74, 6) is -0.208. The molecule has 1 aromatic heterocycles. The number of rotatable bonds is 4. The van der Waals surface area contributed by atoms with Crippen LogP contribution in [-0.2, 0) is 4.79 Å². The third kappa shape index (κ3) is 3.88. The summed E-state index contributed by atoms with van der Waals surface area (Å²) in [6.07, 6.45) is 3.28. The number of hydrogen-bond donors (Lipinski definition) is 0. The van der Waals surface area contributed by atoms with E-state index in [1.165, 1.54) is 22.9 Å². The third-order valence-corrected chi connectivity index (χ3v) is 5.05. The molecule has 0 radical (unpaired) electrons. The molecule has 6 heteroatoms. The van der Waals surface area contributed by atoms with Crippen molar-refractivity contribution < 1.29 is 9.59 Å². The number of piperidine rings is 1. The molecule has 1 aliphatic heterocycles. The van der Waals surface area contributed by atoms with Gasteiger partial charge in [0.05, 0.1) is 0 Å². The van der Waals surface area contributed by atoms with E-state index in [1.807, 2.05) is 0 Å².